The molecule has 124 valence electrons. The maximum atomic E-state index is 12.7. The number of amides is 1. The number of rotatable bonds is 6. The van der Waals surface area contributed by atoms with Gasteiger partial charge in [-0.25, -0.2) is 4.98 Å². The van der Waals surface area contributed by atoms with Crippen LogP contribution < -0.4 is 4.74 Å². The Morgan fingerprint density at radius 1 is 1.30 bits per heavy atom. The number of benzene rings is 1. The van der Waals surface area contributed by atoms with Crippen molar-refractivity contribution in [3.8, 4) is 5.75 Å². The minimum Gasteiger partial charge on any atom is -0.496 e. The van der Waals surface area contributed by atoms with Crippen molar-refractivity contribution >= 4 is 5.91 Å². The molecule has 0 aliphatic heterocycles. The molecule has 1 atom stereocenters. The summed E-state index contributed by atoms with van der Waals surface area (Å²) in [5, 5.41) is 0. The van der Waals surface area contributed by atoms with Gasteiger partial charge in [0.25, 0.3) is 5.91 Å². The lowest BCUT2D eigenvalue weighted by Crippen LogP contribution is -2.37. The summed E-state index contributed by atoms with van der Waals surface area (Å²) in [4.78, 5) is 18.5. The van der Waals surface area contributed by atoms with E-state index in [-0.39, 0.29) is 17.9 Å². The number of hydrogen-bond donors (Lipinski definition) is 0. The highest BCUT2D eigenvalue weighted by Crippen LogP contribution is 2.23. The molecule has 0 aliphatic rings. The minimum absolute atomic E-state index is 0.00973. The predicted molar refractivity (Wildman–Crippen MR) is 88.8 cm³/mol. The van der Waals surface area contributed by atoms with Crippen molar-refractivity contribution in [2.45, 2.75) is 39.2 Å². The lowest BCUT2D eigenvalue weighted by atomic mass is 10.0. The summed E-state index contributed by atoms with van der Waals surface area (Å²) in [6, 6.07) is 7.87. The minimum atomic E-state index is -0.121. The first-order chi connectivity index (χ1) is 11.0. The first-order valence-corrected chi connectivity index (χ1v) is 7.78. The molecule has 0 saturated heterocycles. The fourth-order valence-electron chi connectivity index (χ4n) is 2.52. The monoisotopic (exact) mass is 316 g/mol. The van der Waals surface area contributed by atoms with Crippen LogP contribution in [0.5, 0.6) is 5.75 Å². The van der Waals surface area contributed by atoms with Gasteiger partial charge in [0.1, 0.15) is 11.5 Å². The summed E-state index contributed by atoms with van der Waals surface area (Å²) < 4.78 is 10.7. The number of carbonyl (C=O) groups is 1. The summed E-state index contributed by atoms with van der Waals surface area (Å²) in [6.07, 6.45) is 2.04. The van der Waals surface area contributed by atoms with Gasteiger partial charge in [-0.1, -0.05) is 32.0 Å². The molecule has 1 aromatic heterocycles. The molecule has 0 radical (unpaired) electrons. The van der Waals surface area contributed by atoms with Crippen LogP contribution in [-0.2, 0) is 6.42 Å². The number of oxazole rings is 1. The van der Waals surface area contributed by atoms with E-state index < -0.39 is 0 Å². The largest absolute Gasteiger partial charge is 0.496 e. The molecule has 0 spiro atoms. The van der Waals surface area contributed by atoms with Gasteiger partial charge in [0.2, 0.25) is 0 Å². The van der Waals surface area contributed by atoms with Crippen molar-refractivity contribution in [3.63, 3.8) is 0 Å². The third kappa shape index (κ3) is 3.73. The lowest BCUT2D eigenvalue weighted by molar-refractivity contribution is 0.0735. The number of ether oxygens (including phenoxy) is 1. The molecule has 2 rings (SSSR count). The second-order valence-electron chi connectivity index (χ2n) is 6.00. The third-order valence-electron chi connectivity index (χ3n) is 4.01. The third-order valence-corrected chi connectivity index (χ3v) is 4.01. The smallest absolute Gasteiger partial charge is 0.276 e. The predicted octanol–water partition coefficient (Wildman–Crippen LogP) is 3.51. The summed E-state index contributed by atoms with van der Waals surface area (Å²) in [5.41, 5.74) is 1.47. The van der Waals surface area contributed by atoms with Gasteiger partial charge in [-0.15, -0.1) is 0 Å². The van der Waals surface area contributed by atoms with Crippen LogP contribution in [0.1, 0.15) is 48.5 Å². The topological polar surface area (TPSA) is 55.6 Å². The first-order valence-electron chi connectivity index (χ1n) is 7.78. The zero-order valence-electron chi connectivity index (χ0n) is 14.4. The van der Waals surface area contributed by atoms with E-state index in [4.69, 9.17) is 9.15 Å². The number of likely N-dealkylation sites (N-methyl/N-ethyl adjacent to an activating group) is 1. The van der Waals surface area contributed by atoms with E-state index in [1.54, 1.807) is 19.1 Å². The van der Waals surface area contributed by atoms with E-state index in [0.717, 1.165) is 11.3 Å². The van der Waals surface area contributed by atoms with Gasteiger partial charge in [-0.3, -0.25) is 4.79 Å². The maximum absolute atomic E-state index is 12.7. The van der Waals surface area contributed by atoms with Crippen LogP contribution >= 0.6 is 0 Å². The molecule has 0 saturated carbocycles. The van der Waals surface area contributed by atoms with E-state index in [2.05, 4.69) is 4.98 Å². The Labute approximate surface area is 137 Å². The van der Waals surface area contributed by atoms with Gasteiger partial charge in [0.05, 0.1) is 7.11 Å². The van der Waals surface area contributed by atoms with E-state index in [1.807, 2.05) is 45.0 Å². The van der Waals surface area contributed by atoms with Crippen LogP contribution in [0.4, 0.5) is 0 Å². The Morgan fingerprint density at radius 2 is 2.00 bits per heavy atom. The molecule has 0 unspecified atom stereocenters. The van der Waals surface area contributed by atoms with Crippen molar-refractivity contribution in [3.05, 3.63) is 47.7 Å². The Morgan fingerprint density at radius 3 is 2.65 bits per heavy atom. The van der Waals surface area contributed by atoms with Crippen molar-refractivity contribution < 1.29 is 13.9 Å². The Hall–Kier alpha value is -2.30. The summed E-state index contributed by atoms with van der Waals surface area (Å²) >= 11 is 0. The summed E-state index contributed by atoms with van der Waals surface area (Å²) in [5.74, 6) is 1.47. The average molecular weight is 316 g/mol. The highest BCUT2D eigenvalue weighted by molar-refractivity contribution is 5.93. The van der Waals surface area contributed by atoms with Crippen molar-refractivity contribution in [1.82, 2.24) is 9.88 Å². The number of aromatic nitrogens is 1. The number of nitrogens with zero attached hydrogens (tertiary/aromatic N) is 2. The molecular weight excluding hydrogens is 292 g/mol. The SMILES string of the molecule is COc1ccccc1C[C@@H](C)N(C)C(=O)c1ncoc1C(C)C. The second-order valence-corrected chi connectivity index (χ2v) is 6.00. The van der Waals surface area contributed by atoms with Gasteiger partial charge >= 0.3 is 0 Å². The Bertz CT molecular complexity index is 664. The molecule has 1 amide bonds. The lowest BCUT2D eigenvalue weighted by Gasteiger charge is -2.25. The molecule has 5 nitrogen and oxygen atoms in total. The normalized spacial score (nSPS) is 12.3. The zero-order chi connectivity index (χ0) is 17.0. The quantitative estimate of drug-likeness (QED) is 0.818. The fraction of sp³-hybridized carbons (Fsp3) is 0.444. The standard InChI is InChI=1S/C18H24N2O3/c1-12(2)17-16(19-11-23-17)18(21)20(4)13(3)10-14-8-6-7-9-15(14)22-5/h6-9,11-13H,10H2,1-5H3/t13-/m1/s1. The molecule has 2 aromatic rings. The van der Waals surface area contributed by atoms with Gasteiger partial charge in [-0.05, 0) is 25.0 Å². The molecule has 1 aromatic carbocycles. The van der Waals surface area contributed by atoms with Crippen molar-refractivity contribution in [2.24, 2.45) is 0 Å². The molecule has 0 aliphatic carbocycles. The molecular formula is C18H24N2O3. The molecule has 0 N–H and O–H groups in total. The number of hydrogen-bond acceptors (Lipinski definition) is 4. The summed E-state index contributed by atoms with van der Waals surface area (Å²) in [6.45, 7) is 5.98. The second kappa shape index (κ2) is 7.31. The van der Waals surface area contributed by atoms with E-state index >= 15 is 0 Å². The average Bonchev–Trinajstić information content (AvgIpc) is 3.03. The van der Waals surface area contributed by atoms with Crippen LogP contribution in [0.2, 0.25) is 0 Å². The molecule has 0 bridgehead atoms. The van der Waals surface area contributed by atoms with Gasteiger partial charge in [0, 0.05) is 19.0 Å². The van der Waals surface area contributed by atoms with Crippen molar-refractivity contribution in [2.75, 3.05) is 14.2 Å². The first kappa shape index (κ1) is 17.1. The molecule has 1 heterocycles. The highest BCUT2D eigenvalue weighted by Gasteiger charge is 2.25. The highest BCUT2D eigenvalue weighted by atomic mass is 16.5. The number of carbonyl (C=O) groups excluding carboxylic acids is 1. The Kier molecular flexibility index (Phi) is 5.42. The van der Waals surface area contributed by atoms with E-state index in [0.29, 0.717) is 17.9 Å². The van der Waals surface area contributed by atoms with E-state index in [1.165, 1.54) is 6.39 Å². The maximum Gasteiger partial charge on any atom is 0.276 e. The summed E-state index contributed by atoms with van der Waals surface area (Å²) in [7, 11) is 3.45. The number of para-hydroxylation sites is 1. The van der Waals surface area contributed by atoms with Gasteiger partial charge in [-0.2, -0.15) is 0 Å². The van der Waals surface area contributed by atoms with Crippen LogP contribution in [0.25, 0.3) is 0 Å². The zero-order valence-corrected chi connectivity index (χ0v) is 14.4. The Balaban J connectivity index is 2.14. The van der Waals surface area contributed by atoms with Gasteiger partial charge in [0.15, 0.2) is 12.1 Å². The van der Waals surface area contributed by atoms with Crippen LogP contribution in [-0.4, -0.2) is 36.0 Å². The molecule has 5 heteroatoms. The van der Waals surface area contributed by atoms with E-state index in [9.17, 15) is 4.79 Å². The molecule has 23 heavy (non-hydrogen) atoms. The van der Waals surface area contributed by atoms with Crippen molar-refractivity contribution in [1.29, 1.82) is 0 Å². The van der Waals surface area contributed by atoms with Crippen LogP contribution in [0, 0.1) is 0 Å². The fourth-order valence-corrected chi connectivity index (χ4v) is 2.52. The molecule has 0 fully saturated rings. The van der Waals surface area contributed by atoms with Crippen LogP contribution in [0.15, 0.2) is 35.1 Å². The van der Waals surface area contributed by atoms with Gasteiger partial charge < -0.3 is 14.1 Å². The number of methoxy groups -OCH3 is 1. The van der Waals surface area contributed by atoms with Crippen LogP contribution in [0.3, 0.4) is 0 Å².